The van der Waals surface area contributed by atoms with Crippen LogP contribution < -0.4 is 10.6 Å². The summed E-state index contributed by atoms with van der Waals surface area (Å²) in [6.07, 6.45) is 3.40. The van der Waals surface area contributed by atoms with Crippen molar-refractivity contribution < 1.29 is 19.1 Å². The summed E-state index contributed by atoms with van der Waals surface area (Å²) in [7, 11) is 0. The van der Waals surface area contributed by atoms with Gasteiger partial charge in [-0.15, -0.1) is 0 Å². The molecule has 0 radical (unpaired) electrons. The third-order valence-electron chi connectivity index (χ3n) is 3.07. The van der Waals surface area contributed by atoms with Gasteiger partial charge in [0.25, 0.3) is 0 Å². The van der Waals surface area contributed by atoms with Gasteiger partial charge in [0.2, 0.25) is 0 Å². The average Bonchev–Trinajstić information content (AvgIpc) is 2.89. The first-order valence-corrected chi connectivity index (χ1v) is 6.18. The number of nitrogens with zero attached hydrogens (tertiary/aromatic N) is 1. The van der Waals surface area contributed by atoms with Crippen LogP contribution in [0.4, 0.5) is 14.9 Å². The Labute approximate surface area is 119 Å². The van der Waals surface area contributed by atoms with E-state index in [4.69, 9.17) is 10.4 Å². The maximum atomic E-state index is 13.0. The zero-order valence-corrected chi connectivity index (χ0v) is 10.8. The molecule has 21 heavy (non-hydrogen) atoms. The number of nitriles is 1. The van der Waals surface area contributed by atoms with E-state index in [-0.39, 0.29) is 17.7 Å². The van der Waals surface area contributed by atoms with Gasteiger partial charge in [-0.3, -0.25) is 4.79 Å². The van der Waals surface area contributed by atoms with Crippen LogP contribution in [0.1, 0.15) is 12.0 Å². The lowest BCUT2D eigenvalue weighted by Crippen LogP contribution is -2.36. The quantitative estimate of drug-likeness (QED) is 0.739. The first-order chi connectivity index (χ1) is 9.99. The summed E-state index contributed by atoms with van der Waals surface area (Å²) in [5.74, 6) is -2.13. The molecule has 6 nitrogen and oxygen atoms in total. The number of aliphatic carboxylic acids is 1. The highest BCUT2D eigenvalue weighted by Gasteiger charge is 2.25. The van der Waals surface area contributed by atoms with Crippen LogP contribution in [0, 0.1) is 23.1 Å². The van der Waals surface area contributed by atoms with Gasteiger partial charge in [0, 0.05) is 0 Å². The van der Waals surface area contributed by atoms with Crippen LogP contribution in [-0.2, 0) is 4.79 Å². The molecule has 1 aliphatic rings. The van der Waals surface area contributed by atoms with Gasteiger partial charge in [0.1, 0.15) is 11.9 Å². The maximum Gasteiger partial charge on any atom is 0.319 e. The van der Waals surface area contributed by atoms with Gasteiger partial charge in [-0.1, -0.05) is 12.2 Å². The normalized spacial score (nSPS) is 19.8. The minimum atomic E-state index is -0.943. The Bertz CT molecular complexity index is 651. The Kier molecular flexibility index (Phi) is 4.18. The molecule has 0 saturated carbocycles. The van der Waals surface area contributed by atoms with E-state index in [2.05, 4.69) is 10.6 Å². The third-order valence-corrected chi connectivity index (χ3v) is 3.07. The van der Waals surface area contributed by atoms with Crippen LogP contribution in [0.25, 0.3) is 0 Å². The van der Waals surface area contributed by atoms with E-state index in [0.717, 1.165) is 12.1 Å². The molecule has 2 atom stereocenters. The molecular formula is C14H12FN3O3. The standard InChI is InChI=1S/C14H12FN3O3/c15-10-2-4-12(9(5-10)7-16)18-14(21)17-11-3-1-8(6-11)13(19)20/h1-5,8,11H,6H2,(H,19,20)(H2,17,18,21). The van der Waals surface area contributed by atoms with E-state index in [0.29, 0.717) is 0 Å². The molecule has 0 aromatic heterocycles. The Morgan fingerprint density at radius 3 is 2.76 bits per heavy atom. The Morgan fingerprint density at radius 1 is 1.38 bits per heavy atom. The van der Waals surface area contributed by atoms with Crippen molar-refractivity contribution in [2.24, 2.45) is 5.92 Å². The molecule has 1 aliphatic carbocycles. The smallest absolute Gasteiger partial charge is 0.319 e. The molecular weight excluding hydrogens is 277 g/mol. The van der Waals surface area contributed by atoms with Gasteiger partial charge in [-0.05, 0) is 24.6 Å². The average molecular weight is 289 g/mol. The van der Waals surface area contributed by atoms with Crippen LogP contribution >= 0.6 is 0 Å². The van der Waals surface area contributed by atoms with Crippen LogP contribution in [-0.4, -0.2) is 23.1 Å². The van der Waals surface area contributed by atoms with Crippen molar-refractivity contribution in [2.75, 3.05) is 5.32 Å². The largest absolute Gasteiger partial charge is 0.481 e. The second-order valence-electron chi connectivity index (χ2n) is 4.57. The first kappa shape index (κ1) is 14.5. The van der Waals surface area contributed by atoms with Crippen LogP contribution in [0.5, 0.6) is 0 Å². The fourth-order valence-electron chi connectivity index (χ4n) is 2.03. The highest BCUT2D eigenvalue weighted by atomic mass is 19.1. The molecule has 1 aromatic rings. The fraction of sp³-hybridized carbons (Fsp3) is 0.214. The molecule has 0 heterocycles. The number of nitrogens with one attached hydrogen (secondary N) is 2. The molecule has 2 amide bonds. The molecule has 0 spiro atoms. The van der Waals surface area contributed by atoms with Crippen molar-refractivity contribution in [3.05, 3.63) is 41.7 Å². The van der Waals surface area contributed by atoms with Gasteiger partial charge in [-0.25, -0.2) is 9.18 Å². The summed E-state index contributed by atoms with van der Waals surface area (Å²) in [6, 6.07) is 4.25. The monoisotopic (exact) mass is 289 g/mol. The number of amides is 2. The zero-order chi connectivity index (χ0) is 15.4. The molecule has 108 valence electrons. The van der Waals surface area contributed by atoms with Gasteiger partial charge < -0.3 is 15.7 Å². The molecule has 0 aliphatic heterocycles. The van der Waals surface area contributed by atoms with Crippen LogP contribution in [0.15, 0.2) is 30.4 Å². The SMILES string of the molecule is N#Cc1cc(F)ccc1NC(=O)NC1C=CC(C(=O)O)C1. The molecule has 2 unspecified atom stereocenters. The van der Waals surface area contributed by atoms with Crippen molar-refractivity contribution in [2.45, 2.75) is 12.5 Å². The molecule has 3 N–H and O–H groups in total. The Morgan fingerprint density at radius 2 is 2.14 bits per heavy atom. The Balaban J connectivity index is 1.96. The predicted molar refractivity (Wildman–Crippen MR) is 71.9 cm³/mol. The summed E-state index contributed by atoms with van der Waals surface area (Å²) in [5.41, 5.74) is 0.198. The summed E-state index contributed by atoms with van der Waals surface area (Å²) < 4.78 is 13.0. The molecule has 0 saturated heterocycles. The lowest BCUT2D eigenvalue weighted by atomic mass is 10.1. The summed E-state index contributed by atoms with van der Waals surface area (Å²) in [6.45, 7) is 0. The van der Waals surface area contributed by atoms with E-state index >= 15 is 0 Å². The number of carbonyl (C=O) groups is 2. The number of hydrogen-bond acceptors (Lipinski definition) is 3. The zero-order valence-electron chi connectivity index (χ0n) is 10.8. The molecule has 7 heteroatoms. The number of carboxylic acid groups (broad SMARTS) is 1. The highest BCUT2D eigenvalue weighted by molar-refractivity contribution is 5.91. The van der Waals surface area contributed by atoms with Crippen molar-refractivity contribution in [1.82, 2.24) is 5.32 Å². The van der Waals surface area contributed by atoms with Crippen LogP contribution in [0.3, 0.4) is 0 Å². The number of carbonyl (C=O) groups excluding carboxylic acids is 1. The molecule has 0 fully saturated rings. The van der Waals surface area contributed by atoms with Gasteiger partial charge in [0.05, 0.1) is 23.2 Å². The van der Waals surface area contributed by atoms with Crippen molar-refractivity contribution >= 4 is 17.7 Å². The van der Waals surface area contributed by atoms with Gasteiger partial charge in [0.15, 0.2) is 0 Å². The minimum absolute atomic E-state index is 0.00975. The van der Waals surface area contributed by atoms with Gasteiger partial charge >= 0.3 is 12.0 Å². The lowest BCUT2D eigenvalue weighted by molar-refractivity contribution is -0.140. The fourth-order valence-corrected chi connectivity index (χ4v) is 2.03. The van der Waals surface area contributed by atoms with Crippen molar-refractivity contribution in [3.8, 4) is 6.07 Å². The topological polar surface area (TPSA) is 102 Å². The summed E-state index contributed by atoms with van der Waals surface area (Å²) in [5, 5.41) is 22.7. The van der Waals surface area contributed by atoms with E-state index in [1.54, 1.807) is 12.1 Å². The molecule has 1 aromatic carbocycles. The minimum Gasteiger partial charge on any atom is -0.481 e. The van der Waals surface area contributed by atoms with E-state index in [1.807, 2.05) is 0 Å². The number of halogens is 1. The third kappa shape index (κ3) is 3.57. The van der Waals surface area contributed by atoms with E-state index in [1.165, 1.54) is 12.1 Å². The number of anilines is 1. The predicted octanol–water partition coefficient (Wildman–Crippen LogP) is 1.85. The van der Waals surface area contributed by atoms with E-state index < -0.39 is 29.8 Å². The number of hydrogen-bond donors (Lipinski definition) is 3. The summed E-state index contributed by atoms with van der Waals surface area (Å²) >= 11 is 0. The highest BCUT2D eigenvalue weighted by Crippen LogP contribution is 2.19. The first-order valence-electron chi connectivity index (χ1n) is 6.18. The second-order valence-corrected chi connectivity index (χ2v) is 4.57. The lowest BCUT2D eigenvalue weighted by Gasteiger charge is -2.13. The van der Waals surface area contributed by atoms with E-state index in [9.17, 15) is 14.0 Å². The van der Waals surface area contributed by atoms with Crippen molar-refractivity contribution in [1.29, 1.82) is 5.26 Å². The molecule has 0 bridgehead atoms. The molecule has 2 rings (SSSR count). The Hall–Kier alpha value is -2.88. The van der Waals surface area contributed by atoms with Gasteiger partial charge in [-0.2, -0.15) is 5.26 Å². The number of rotatable bonds is 3. The maximum absolute atomic E-state index is 13.0. The number of benzene rings is 1. The summed E-state index contributed by atoms with van der Waals surface area (Å²) in [4.78, 5) is 22.6. The van der Waals surface area contributed by atoms with Crippen LogP contribution in [0.2, 0.25) is 0 Å². The number of urea groups is 1. The number of carboxylic acids is 1. The second kappa shape index (κ2) is 6.05. The van der Waals surface area contributed by atoms with Crippen molar-refractivity contribution in [3.63, 3.8) is 0 Å².